The lowest BCUT2D eigenvalue weighted by Crippen LogP contribution is -2.47. The average Bonchev–Trinajstić information content (AvgIpc) is 2.73. The number of nitrogens with zero attached hydrogens (tertiary/aromatic N) is 3. The fourth-order valence-electron chi connectivity index (χ4n) is 3.59. The molecule has 144 valence electrons. The number of pyridine rings is 1. The number of carbonyl (C=O) groups excluding carboxylic acids is 1. The van der Waals surface area contributed by atoms with Gasteiger partial charge in [-0.2, -0.15) is 0 Å². The van der Waals surface area contributed by atoms with E-state index in [-0.39, 0.29) is 5.91 Å². The van der Waals surface area contributed by atoms with Crippen molar-refractivity contribution in [2.45, 2.75) is 6.92 Å². The van der Waals surface area contributed by atoms with Gasteiger partial charge < -0.3 is 14.5 Å². The zero-order valence-corrected chi connectivity index (χ0v) is 16.4. The zero-order valence-electron chi connectivity index (χ0n) is 16.4. The summed E-state index contributed by atoms with van der Waals surface area (Å²) in [7, 11) is 2.09. The van der Waals surface area contributed by atoms with Gasteiger partial charge in [0, 0.05) is 37.1 Å². The topological polar surface area (TPSA) is 45.7 Å². The normalized spacial score (nSPS) is 15.0. The Kier molecular flexibility index (Phi) is 5.26. The van der Waals surface area contributed by atoms with Crippen LogP contribution in [-0.4, -0.2) is 60.5 Å². The summed E-state index contributed by atoms with van der Waals surface area (Å²) in [5.41, 5.74) is 3.29. The Morgan fingerprint density at radius 1 is 1.04 bits per heavy atom. The fraction of sp³-hybridized carbons (Fsp3) is 0.304. The minimum Gasteiger partial charge on any atom is -0.494 e. The molecule has 0 unspecified atom stereocenters. The molecule has 2 aromatic carbocycles. The van der Waals surface area contributed by atoms with E-state index in [0.717, 1.165) is 54.1 Å². The minimum atomic E-state index is 0.0777. The second-order valence-corrected chi connectivity index (χ2v) is 7.13. The summed E-state index contributed by atoms with van der Waals surface area (Å²) < 4.78 is 5.63. The van der Waals surface area contributed by atoms with Crippen molar-refractivity contribution in [2.75, 3.05) is 39.8 Å². The highest BCUT2D eigenvalue weighted by molar-refractivity contribution is 6.07. The maximum absolute atomic E-state index is 13.3. The summed E-state index contributed by atoms with van der Waals surface area (Å²) in [5, 5.41) is 0.899. The molecule has 28 heavy (non-hydrogen) atoms. The SMILES string of the molecule is CCOc1cccc(-c2cc(C(=O)N3CCN(C)CC3)c3ccccc3n2)c1. The van der Waals surface area contributed by atoms with Crippen LogP contribution in [0.25, 0.3) is 22.2 Å². The highest BCUT2D eigenvalue weighted by atomic mass is 16.5. The molecule has 1 fully saturated rings. The van der Waals surface area contributed by atoms with E-state index < -0.39 is 0 Å². The monoisotopic (exact) mass is 375 g/mol. The first-order valence-electron chi connectivity index (χ1n) is 9.76. The molecule has 0 aliphatic carbocycles. The van der Waals surface area contributed by atoms with Gasteiger partial charge in [-0.3, -0.25) is 4.79 Å². The number of ether oxygens (including phenoxy) is 1. The maximum atomic E-state index is 13.3. The number of rotatable bonds is 4. The number of likely N-dealkylation sites (N-methyl/N-ethyl adjacent to an activating group) is 1. The van der Waals surface area contributed by atoms with E-state index in [0.29, 0.717) is 12.2 Å². The molecule has 0 radical (unpaired) electrons. The number of aromatic nitrogens is 1. The van der Waals surface area contributed by atoms with Crippen molar-refractivity contribution in [1.82, 2.24) is 14.8 Å². The van der Waals surface area contributed by atoms with Crippen LogP contribution in [0.3, 0.4) is 0 Å². The number of hydrogen-bond acceptors (Lipinski definition) is 4. The Balaban J connectivity index is 1.77. The van der Waals surface area contributed by atoms with Gasteiger partial charge in [0.15, 0.2) is 0 Å². The first-order valence-corrected chi connectivity index (χ1v) is 9.76. The van der Waals surface area contributed by atoms with Crippen LogP contribution >= 0.6 is 0 Å². The van der Waals surface area contributed by atoms with Crippen molar-refractivity contribution in [3.63, 3.8) is 0 Å². The van der Waals surface area contributed by atoms with E-state index >= 15 is 0 Å². The Hall–Kier alpha value is -2.92. The summed E-state index contributed by atoms with van der Waals surface area (Å²) in [6.45, 7) is 5.88. The van der Waals surface area contributed by atoms with Crippen LogP contribution in [0.2, 0.25) is 0 Å². The predicted octanol–water partition coefficient (Wildman–Crippen LogP) is 3.69. The Bertz CT molecular complexity index is 994. The van der Waals surface area contributed by atoms with Gasteiger partial charge in [-0.15, -0.1) is 0 Å². The van der Waals surface area contributed by atoms with Gasteiger partial charge >= 0.3 is 0 Å². The van der Waals surface area contributed by atoms with Crippen molar-refractivity contribution in [3.8, 4) is 17.0 Å². The third-order valence-electron chi connectivity index (χ3n) is 5.18. The van der Waals surface area contributed by atoms with Crippen molar-refractivity contribution >= 4 is 16.8 Å². The molecule has 0 spiro atoms. The third-order valence-corrected chi connectivity index (χ3v) is 5.18. The molecule has 0 N–H and O–H groups in total. The first-order chi connectivity index (χ1) is 13.7. The fourth-order valence-corrected chi connectivity index (χ4v) is 3.59. The summed E-state index contributed by atoms with van der Waals surface area (Å²) in [5.74, 6) is 0.885. The van der Waals surface area contributed by atoms with Crippen molar-refractivity contribution in [3.05, 3.63) is 60.2 Å². The molecule has 1 amide bonds. The maximum Gasteiger partial charge on any atom is 0.254 e. The standard InChI is InChI=1S/C23H25N3O2/c1-3-28-18-8-6-7-17(15-18)22-16-20(19-9-4-5-10-21(19)24-22)23(27)26-13-11-25(2)12-14-26/h4-10,15-16H,3,11-14H2,1-2H3. The molecule has 4 rings (SSSR count). The number of hydrogen-bond donors (Lipinski definition) is 0. The Morgan fingerprint density at radius 2 is 1.82 bits per heavy atom. The Labute approximate surface area is 165 Å². The quantitative estimate of drug-likeness (QED) is 0.698. The molecule has 1 saturated heterocycles. The second kappa shape index (κ2) is 7.98. The molecule has 1 aliphatic rings. The summed E-state index contributed by atoms with van der Waals surface area (Å²) in [4.78, 5) is 22.3. The van der Waals surface area contributed by atoms with Gasteiger partial charge in [0.1, 0.15) is 5.75 Å². The largest absolute Gasteiger partial charge is 0.494 e. The molecule has 2 heterocycles. The highest BCUT2D eigenvalue weighted by Crippen LogP contribution is 2.28. The van der Waals surface area contributed by atoms with E-state index in [1.165, 1.54) is 0 Å². The molecule has 0 bridgehead atoms. The average molecular weight is 375 g/mol. The summed E-state index contributed by atoms with van der Waals surface area (Å²) >= 11 is 0. The van der Waals surface area contributed by atoms with Gasteiger partial charge in [-0.25, -0.2) is 4.98 Å². The van der Waals surface area contributed by atoms with E-state index in [4.69, 9.17) is 9.72 Å². The van der Waals surface area contributed by atoms with Gasteiger partial charge in [-0.05, 0) is 38.2 Å². The Morgan fingerprint density at radius 3 is 2.61 bits per heavy atom. The number of benzene rings is 2. The molecular formula is C23H25N3O2. The minimum absolute atomic E-state index is 0.0777. The highest BCUT2D eigenvalue weighted by Gasteiger charge is 2.23. The van der Waals surface area contributed by atoms with Gasteiger partial charge in [0.05, 0.1) is 23.4 Å². The second-order valence-electron chi connectivity index (χ2n) is 7.13. The van der Waals surface area contributed by atoms with E-state index in [1.54, 1.807) is 0 Å². The zero-order chi connectivity index (χ0) is 19.5. The van der Waals surface area contributed by atoms with Crippen LogP contribution in [-0.2, 0) is 0 Å². The smallest absolute Gasteiger partial charge is 0.254 e. The molecule has 0 saturated carbocycles. The van der Waals surface area contributed by atoms with Crippen LogP contribution in [0.15, 0.2) is 54.6 Å². The molecule has 5 nitrogen and oxygen atoms in total. The molecule has 1 aromatic heterocycles. The molecule has 0 atom stereocenters. The summed E-state index contributed by atoms with van der Waals surface area (Å²) in [6.07, 6.45) is 0. The van der Waals surface area contributed by atoms with E-state index in [9.17, 15) is 4.79 Å². The lowest BCUT2D eigenvalue weighted by molar-refractivity contribution is 0.0666. The number of piperazine rings is 1. The number of para-hydroxylation sites is 1. The lowest BCUT2D eigenvalue weighted by Gasteiger charge is -2.32. The van der Waals surface area contributed by atoms with E-state index in [1.807, 2.05) is 66.4 Å². The first kappa shape index (κ1) is 18.4. The molecule has 3 aromatic rings. The van der Waals surface area contributed by atoms with Crippen LogP contribution in [0.5, 0.6) is 5.75 Å². The molecule has 1 aliphatic heterocycles. The van der Waals surface area contributed by atoms with Crippen molar-refractivity contribution in [2.24, 2.45) is 0 Å². The number of amides is 1. The lowest BCUT2D eigenvalue weighted by atomic mass is 10.0. The van der Waals surface area contributed by atoms with Crippen molar-refractivity contribution < 1.29 is 9.53 Å². The molecular weight excluding hydrogens is 350 g/mol. The number of carbonyl (C=O) groups is 1. The van der Waals surface area contributed by atoms with Crippen molar-refractivity contribution in [1.29, 1.82) is 0 Å². The van der Waals surface area contributed by atoms with Crippen LogP contribution < -0.4 is 4.74 Å². The van der Waals surface area contributed by atoms with Gasteiger partial charge in [0.2, 0.25) is 0 Å². The van der Waals surface area contributed by atoms with Crippen LogP contribution in [0.1, 0.15) is 17.3 Å². The van der Waals surface area contributed by atoms with E-state index in [2.05, 4.69) is 11.9 Å². The van der Waals surface area contributed by atoms with Crippen LogP contribution in [0.4, 0.5) is 0 Å². The van der Waals surface area contributed by atoms with Crippen LogP contribution in [0, 0.1) is 0 Å². The molecule has 5 heteroatoms. The third kappa shape index (κ3) is 3.71. The predicted molar refractivity (Wildman–Crippen MR) is 112 cm³/mol. The summed E-state index contributed by atoms with van der Waals surface area (Å²) in [6, 6.07) is 17.7. The van der Waals surface area contributed by atoms with Gasteiger partial charge in [-0.1, -0.05) is 30.3 Å². The van der Waals surface area contributed by atoms with Gasteiger partial charge in [0.25, 0.3) is 5.91 Å². The number of fused-ring (bicyclic) bond motifs is 1.